The summed E-state index contributed by atoms with van der Waals surface area (Å²) in [7, 11) is 0. The number of hydrogen-bond acceptors (Lipinski definition) is 2. The molecule has 3 heteroatoms. The third-order valence-corrected chi connectivity index (χ3v) is 4.00. The predicted octanol–water partition coefficient (Wildman–Crippen LogP) is 3.08. The van der Waals surface area contributed by atoms with Crippen molar-refractivity contribution < 1.29 is 0 Å². The van der Waals surface area contributed by atoms with E-state index in [0.717, 1.165) is 12.1 Å². The summed E-state index contributed by atoms with van der Waals surface area (Å²) in [6.45, 7) is 7.85. The number of imidazole rings is 1. The Balaban J connectivity index is 2.18. The first-order valence-electron chi connectivity index (χ1n) is 6.88. The molecule has 0 radical (unpaired) electrons. The lowest BCUT2D eigenvalue weighted by Crippen LogP contribution is -2.24. The molecule has 2 aromatic rings. The molecule has 0 bridgehead atoms. The Labute approximate surface area is 108 Å². The van der Waals surface area contributed by atoms with Crippen molar-refractivity contribution in [1.82, 2.24) is 14.9 Å². The van der Waals surface area contributed by atoms with Crippen LogP contribution < -0.4 is 5.32 Å². The first kappa shape index (κ1) is 11.7. The van der Waals surface area contributed by atoms with Crippen LogP contribution in [-0.2, 0) is 0 Å². The van der Waals surface area contributed by atoms with Gasteiger partial charge in [0.05, 0.1) is 11.0 Å². The highest BCUT2D eigenvalue weighted by molar-refractivity contribution is 5.76. The molecule has 96 valence electrons. The minimum Gasteiger partial charge on any atom is -0.325 e. The van der Waals surface area contributed by atoms with Crippen LogP contribution in [0.5, 0.6) is 0 Å². The lowest BCUT2D eigenvalue weighted by Gasteiger charge is -2.19. The van der Waals surface area contributed by atoms with Gasteiger partial charge in [0.1, 0.15) is 5.82 Å². The van der Waals surface area contributed by atoms with Crippen LogP contribution in [0.4, 0.5) is 0 Å². The molecule has 1 aromatic carbocycles. The van der Waals surface area contributed by atoms with Crippen LogP contribution in [-0.4, -0.2) is 22.1 Å². The van der Waals surface area contributed by atoms with E-state index in [2.05, 4.69) is 54.9 Å². The number of hydrogen-bond donors (Lipinski definition) is 1. The Morgan fingerprint density at radius 3 is 2.78 bits per heavy atom. The van der Waals surface area contributed by atoms with Crippen molar-refractivity contribution in [3.05, 3.63) is 30.1 Å². The van der Waals surface area contributed by atoms with Crippen molar-refractivity contribution in [3.8, 4) is 0 Å². The molecule has 3 nitrogen and oxygen atoms in total. The molecule has 1 N–H and O–H groups in total. The third-order valence-electron chi connectivity index (χ3n) is 4.00. The van der Waals surface area contributed by atoms with Gasteiger partial charge in [0.25, 0.3) is 0 Å². The molecule has 3 rings (SSSR count). The second kappa shape index (κ2) is 4.39. The van der Waals surface area contributed by atoms with Gasteiger partial charge in [-0.2, -0.15) is 0 Å². The molecule has 0 spiro atoms. The molecule has 0 aliphatic carbocycles. The number of para-hydroxylation sites is 2. The maximum atomic E-state index is 4.89. The molecular weight excluding hydrogens is 222 g/mol. The van der Waals surface area contributed by atoms with E-state index >= 15 is 0 Å². The van der Waals surface area contributed by atoms with E-state index in [9.17, 15) is 0 Å². The van der Waals surface area contributed by atoms with Gasteiger partial charge in [0, 0.05) is 18.0 Å². The number of nitrogens with zero attached hydrogens (tertiary/aromatic N) is 2. The minimum absolute atomic E-state index is 0.459. The molecule has 0 amide bonds. The van der Waals surface area contributed by atoms with Crippen molar-refractivity contribution in [1.29, 1.82) is 0 Å². The van der Waals surface area contributed by atoms with Gasteiger partial charge >= 0.3 is 0 Å². The third kappa shape index (κ3) is 1.74. The summed E-state index contributed by atoms with van der Waals surface area (Å²) in [5, 5.41) is 3.53. The first-order chi connectivity index (χ1) is 8.68. The highest BCUT2D eigenvalue weighted by atomic mass is 15.1. The van der Waals surface area contributed by atoms with E-state index in [1.54, 1.807) is 0 Å². The number of fused-ring (bicyclic) bond motifs is 1. The average molecular weight is 243 g/mol. The quantitative estimate of drug-likeness (QED) is 0.878. The van der Waals surface area contributed by atoms with Crippen LogP contribution in [0.1, 0.15) is 45.0 Å². The Bertz CT molecular complexity index is 556. The molecule has 1 aliphatic heterocycles. The Kier molecular flexibility index (Phi) is 2.86. The summed E-state index contributed by atoms with van der Waals surface area (Å²) in [6.07, 6.45) is 1.19. The van der Waals surface area contributed by atoms with Crippen molar-refractivity contribution in [2.24, 2.45) is 0 Å². The predicted molar refractivity (Wildman–Crippen MR) is 74.9 cm³/mol. The van der Waals surface area contributed by atoms with E-state index in [1.807, 2.05) is 0 Å². The van der Waals surface area contributed by atoms with Crippen molar-refractivity contribution in [3.63, 3.8) is 0 Å². The summed E-state index contributed by atoms with van der Waals surface area (Å²) in [5.41, 5.74) is 2.39. The number of rotatable bonds is 2. The van der Waals surface area contributed by atoms with E-state index in [0.29, 0.717) is 18.0 Å². The van der Waals surface area contributed by atoms with Crippen LogP contribution in [0.25, 0.3) is 11.0 Å². The molecule has 2 unspecified atom stereocenters. The number of benzene rings is 1. The Hall–Kier alpha value is -1.35. The molecule has 1 saturated heterocycles. The second-order valence-electron chi connectivity index (χ2n) is 5.56. The summed E-state index contributed by atoms with van der Waals surface area (Å²) in [4.78, 5) is 4.89. The van der Waals surface area contributed by atoms with E-state index < -0.39 is 0 Å². The van der Waals surface area contributed by atoms with Gasteiger partial charge in [-0.1, -0.05) is 12.1 Å². The fourth-order valence-corrected chi connectivity index (χ4v) is 3.08. The highest BCUT2D eigenvalue weighted by Gasteiger charge is 2.29. The van der Waals surface area contributed by atoms with Crippen LogP contribution >= 0.6 is 0 Å². The molecule has 0 saturated carbocycles. The molecule has 2 heterocycles. The maximum absolute atomic E-state index is 4.89. The van der Waals surface area contributed by atoms with Crippen LogP contribution in [0, 0.1) is 0 Å². The van der Waals surface area contributed by atoms with Gasteiger partial charge in [0.2, 0.25) is 0 Å². The van der Waals surface area contributed by atoms with Crippen LogP contribution in [0.15, 0.2) is 24.3 Å². The summed E-state index contributed by atoms with van der Waals surface area (Å²) >= 11 is 0. The van der Waals surface area contributed by atoms with Gasteiger partial charge in [0.15, 0.2) is 0 Å². The van der Waals surface area contributed by atoms with Gasteiger partial charge in [-0.3, -0.25) is 0 Å². The topological polar surface area (TPSA) is 29.9 Å². The Morgan fingerprint density at radius 1 is 1.33 bits per heavy atom. The lowest BCUT2D eigenvalue weighted by molar-refractivity contribution is 0.507. The molecule has 1 aliphatic rings. The SMILES string of the molecule is CC1NCCC1c1nc2ccccc2n1C(C)C. The standard InChI is InChI=1S/C15H21N3/c1-10(2)18-14-7-5-4-6-13(14)17-15(18)12-8-9-16-11(12)3/h4-7,10-12,16H,8-9H2,1-3H3. The lowest BCUT2D eigenvalue weighted by atomic mass is 10.0. The van der Waals surface area contributed by atoms with E-state index in [4.69, 9.17) is 4.98 Å². The first-order valence-corrected chi connectivity index (χ1v) is 6.88. The van der Waals surface area contributed by atoms with Crippen molar-refractivity contribution >= 4 is 11.0 Å². The largest absolute Gasteiger partial charge is 0.325 e. The van der Waals surface area contributed by atoms with Crippen molar-refractivity contribution in [2.45, 2.75) is 45.2 Å². The van der Waals surface area contributed by atoms with E-state index in [1.165, 1.54) is 17.8 Å². The maximum Gasteiger partial charge on any atom is 0.114 e. The van der Waals surface area contributed by atoms with Gasteiger partial charge in [-0.05, 0) is 45.9 Å². The van der Waals surface area contributed by atoms with Crippen LogP contribution in [0.2, 0.25) is 0 Å². The Morgan fingerprint density at radius 2 is 2.11 bits per heavy atom. The highest BCUT2D eigenvalue weighted by Crippen LogP contribution is 2.31. The summed E-state index contributed by atoms with van der Waals surface area (Å²) in [6, 6.07) is 9.45. The zero-order valence-corrected chi connectivity index (χ0v) is 11.4. The van der Waals surface area contributed by atoms with Gasteiger partial charge < -0.3 is 9.88 Å². The number of nitrogens with one attached hydrogen (secondary N) is 1. The normalized spacial score (nSPS) is 24.2. The van der Waals surface area contributed by atoms with Gasteiger partial charge in [-0.15, -0.1) is 0 Å². The molecule has 1 fully saturated rings. The summed E-state index contributed by atoms with van der Waals surface area (Å²) < 4.78 is 2.41. The van der Waals surface area contributed by atoms with Crippen molar-refractivity contribution in [2.75, 3.05) is 6.54 Å². The minimum atomic E-state index is 0.459. The second-order valence-corrected chi connectivity index (χ2v) is 5.56. The zero-order valence-electron chi connectivity index (χ0n) is 11.4. The fraction of sp³-hybridized carbons (Fsp3) is 0.533. The van der Waals surface area contributed by atoms with E-state index in [-0.39, 0.29) is 0 Å². The molecule has 2 atom stereocenters. The molecular formula is C15H21N3. The number of aromatic nitrogens is 2. The fourth-order valence-electron chi connectivity index (χ4n) is 3.08. The molecule has 1 aromatic heterocycles. The zero-order chi connectivity index (χ0) is 12.7. The monoisotopic (exact) mass is 243 g/mol. The van der Waals surface area contributed by atoms with Crippen LogP contribution in [0.3, 0.4) is 0 Å². The average Bonchev–Trinajstić information content (AvgIpc) is 2.91. The van der Waals surface area contributed by atoms with Gasteiger partial charge in [-0.25, -0.2) is 4.98 Å². The smallest absolute Gasteiger partial charge is 0.114 e. The summed E-state index contributed by atoms with van der Waals surface area (Å²) in [5.74, 6) is 1.79. The molecule has 18 heavy (non-hydrogen) atoms.